The van der Waals surface area contributed by atoms with Gasteiger partial charge in [-0.1, -0.05) is 6.07 Å². The minimum atomic E-state index is -0.333. The average Bonchev–Trinajstić information content (AvgIpc) is 2.40. The van der Waals surface area contributed by atoms with Gasteiger partial charge in [-0.2, -0.15) is 4.98 Å². The molecule has 2 aromatic heterocycles. The van der Waals surface area contributed by atoms with Gasteiger partial charge in [-0.25, -0.2) is 0 Å². The second kappa shape index (κ2) is 5.99. The van der Waals surface area contributed by atoms with Gasteiger partial charge >= 0.3 is 0 Å². The van der Waals surface area contributed by atoms with Crippen LogP contribution in [0, 0.1) is 6.92 Å². The summed E-state index contributed by atoms with van der Waals surface area (Å²) < 4.78 is 5.75. The predicted molar refractivity (Wildman–Crippen MR) is 85.3 cm³/mol. The maximum Gasteiger partial charge on any atom is 0.239 e. The quantitative estimate of drug-likeness (QED) is 0.903. The van der Waals surface area contributed by atoms with Gasteiger partial charge in [0.15, 0.2) is 0 Å². The number of nitrogens with zero attached hydrogens (tertiary/aromatic N) is 2. The SMILES string of the molecule is Cc1ccc(CNc2ccc(N)c(OC(C)(C)C)n2)cn1. The van der Waals surface area contributed by atoms with E-state index in [1.165, 1.54) is 0 Å². The number of hydrogen-bond acceptors (Lipinski definition) is 5. The van der Waals surface area contributed by atoms with E-state index < -0.39 is 0 Å². The summed E-state index contributed by atoms with van der Waals surface area (Å²) in [6, 6.07) is 7.66. The zero-order valence-electron chi connectivity index (χ0n) is 13.0. The number of rotatable bonds is 4. The van der Waals surface area contributed by atoms with Crippen LogP contribution < -0.4 is 15.8 Å². The third-order valence-corrected chi connectivity index (χ3v) is 2.74. The highest BCUT2D eigenvalue weighted by Gasteiger charge is 2.15. The molecular weight excluding hydrogens is 264 g/mol. The predicted octanol–water partition coefficient (Wildman–Crippen LogP) is 3.16. The van der Waals surface area contributed by atoms with Crippen LogP contribution in [-0.4, -0.2) is 15.6 Å². The Bertz CT molecular complexity index is 603. The fourth-order valence-electron chi connectivity index (χ4n) is 1.72. The van der Waals surface area contributed by atoms with Gasteiger partial charge in [0, 0.05) is 18.4 Å². The van der Waals surface area contributed by atoms with Crippen molar-refractivity contribution < 1.29 is 4.74 Å². The summed E-state index contributed by atoms with van der Waals surface area (Å²) in [5.41, 5.74) is 8.20. The first-order valence-electron chi connectivity index (χ1n) is 6.94. The summed E-state index contributed by atoms with van der Waals surface area (Å²) in [6.45, 7) is 8.51. The summed E-state index contributed by atoms with van der Waals surface area (Å²) in [6.07, 6.45) is 1.85. The van der Waals surface area contributed by atoms with Gasteiger partial charge in [0.1, 0.15) is 11.4 Å². The van der Waals surface area contributed by atoms with Gasteiger partial charge in [0.05, 0.1) is 5.69 Å². The molecule has 2 rings (SSSR count). The van der Waals surface area contributed by atoms with E-state index in [4.69, 9.17) is 10.5 Å². The molecule has 0 bridgehead atoms. The number of ether oxygens (including phenoxy) is 1. The first kappa shape index (κ1) is 15.1. The van der Waals surface area contributed by atoms with Gasteiger partial charge < -0.3 is 15.8 Å². The second-order valence-electron chi connectivity index (χ2n) is 5.97. The van der Waals surface area contributed by atoms with E-state index in [1.807, 2.05) is 52.1 Å². The van der Waals surface area contributed by atoms with Gasteiger partial charge in [-0.15, -0.1) is 0 Å². The van der Waals surface area contributed by atoms with Crippen LogP contribution in [0.3, 0.4) is 0 Å². The van der Waals surface area contributed by atoms with Crippen LogP contribution >= 0.6 is 0 Å². The molecule has 0 saturated heterocycles. The molecule has 5 nitrogen and oxygen atoms in total. The molecule has 0 aliphatic rings. The normalized spacial score (nSPS) is 11.2. The lowest BCUT2D eigenvalue weighted by Crippen LogP contribution is -2.24. The Morgan fingerprint density at radius 1 is 1.19 bits per heavy atom. The molecule has 2 heterocycles. The minimum Gasteiger partial charge on any atom is -0.470 e. The van der Waals surface area contributed by atoms with Crippen molar-refractivity contribution in [3.63, 3.8) is 0 Å². The van der Waals surface area contributed by atoms with Crippen LogP contribution in [0.15, 0.2) is 30.5 Å². The van der Waals surface area contributed by atoms with Crippen molar-refractivity contribution in [2.24, 2.45) is 0 Å². The molecule has 5 heteroatoms. The molecule has 2 aromatic rings. The Labute approximate surface area is 125 Å². The summed E-state index contributed by atoms with van der Waals surface area (Å²) in [5.74, 6) is 1.18. The Hall–Kier alpha value is -2.30. The van der Waals surface area contributed by atoms with Crippen molar-refractivity contribution in [1.82, 2.24) is 9.97 Å². The highest BCUT2D eigenvalue weighted by molar-refractivity contribution is 5.53. The van der Waals surface area contributed by atoms with Crippen molar-refractivity contribution in [1.29, 1.82) is 0 Å². The largest absolute Gasteiger partial charge is 0.470 e. The van der Waals surface area contributed by atoms with E-state index in [9.17, 15) is 0 Å². The van der Waals surface area contributed by atoms with Crippen LogP contribution in [0.25, 0.3) is 0 Å². The maximum atomic E-state index is 5.90. The van der Waals surface area contributed by atoms with Crippen molar-refractivity contribution in [3.8, 4) is 5.88 Å². The zero-order chi connectivity index (χ0) is 15.5. The number of anilines is 2. The monoisotopic (exact) mass is 286 g/mol. The first-order valence-corrected chi connectivity index (χ1v) is 6.94. The van der Waals surface area contributed by atoms with E-state index in [2.05, 4.69) is 15.3 Å². The van der Waals surface area contributed by atoms with E-state index in [1.54, 1.807) is 6.07 Å². The maximum absolute atomic E-state index is 5.90. The molecule has 0 atom stereocenters. The summed E-state index contributed by atoms with van der Waals surface area (Å²) in [4.78, 5) is 8.68. The smallest absolute Gasteiger partial charge is 0.239 e. The van der Waals surface area contributed by atoms with Gasteiger partial charge in [-0.3, -0.25) is 4.98 Å². The first-order chi connectivity index (χ1) is 9.83. The van der Waals surface area contributed by atoms with Crippen molar-refractivity contribution >= 4 is 11.5 Å². The molecule has 0 aliphatic heterocycles. The molecule has 0 saturated carbocycles. The molecule has 112 valence electrons. The molecule has 0 spiro atoms. The fourth-order valence-corrected chi connectivity index (χ4v) is 1.72. The Morgan fingerprint density at radius 2 is 1.95 bits per heavy atom. The molecule has 0 aliphatic carbocycles. The highest BCUT2D eigenvalue weighted by atomic mass is 16.5. The summed E-state index contributed by atoms with van der Waals surface area (Å²) in [5, 5.41) is 3.25. The number of nitrogen functional groups attached to an aromatic ring is 1. The van der Waals surface area contributed by atoms with Gasteiger partial charge in [-0.05, 0) is 51.5 Å². The third-order valence-electron chi connectivity index (χ3n) is 2.74. The van der Waals surface area contributed by atoms with E-state index in [-0.39, 0.29) is 5.60 Å². The molecule has 0 aromatic carbocycles. The number of pyridine rings is 2. The van der Waals surface area contributed by atoms with E-state index in [0.717, 1.165) is 17.1 Å². The third kappa shape index (κ3) is 4.63. The van der Waals surface area contributed by atoms with Crippen LogP contribution in [-0.2, 0) is 6.54 Å². The summed E-state index contributed by atoms with van der Waals surface area (Å²) >= 11 is 0. The van der Waals surface area contributed by atoms with Crippen LogP contribution in [0.1, 0.15) is 32.0 Å². The lowest BCUT2D eigenvalue weighted by Gasteiger charge is -2.21. The number of hydrogen-bond donors (Lipinski definition) is 2. The molecule has 0 unspecified atom stereocenters. The zero-order valence-corrected chi connectivity index (χ0v) is 13.0. The van der Waals surface area contributed by atoms with Crippen molar-refractivity contribution in [2.75, 3.05) is 11.1 Å². The molecule has 21 heavy (non-hydrogen) atoms. The minimum absolute atomic E-state index is 0.333. The second-order valence-corrected chi connectivity index (χ2v) is 5.97. The highest BCUT2D eigenvalue weighted by Crippen LogP contribution is 2.25. The van der Waals surface area contributed by atoms with Crippen LogP contribution in [0.5, 0.6) is 5.88 Å². The molecule has 0 radical (unpaired) electrons. The number of nitrogens with one attached hydrogen (secondary N) is 1. The van der Waals surface area contributed by atoms with Crippen LogP contribution in [0.2, 0.25) is 0 Å². The average molecular weight is 286 g/mol. The summed E-state index contributed by atoms with van der Waals surface area (Å²) in [7, 11) is 0. The van der Waals surface area contributed by atoms with Crippen molar-refractivity contribution in [2.45, 2.75) is 39.8 Å². The molecule has 3 N–H and O–H groups in total. The van der Waals surface area contributed by atoms with Crippen molar-refractivity contribution in [3.05, 3.63) is 41.7 Å². The Morgan fingerprint density at radius 3 is 2.57 bits per heavy atom. The Kier molecular flexibility index (Phi) is 4.31. The number of aryl methyl sites for hydroxylation is 1. The Balaban J connectivity index is 2.06. The molecule has 0 amide bonds. The number of aromatic nitrogens is 2. The van der Waals surface area contributed by atoms with Crippen LogP contribution in [0.4, 0.5) is 11.5 Å². The molecular formula is C16H22N4O. The van der Waals surface area contributed by atoms with Gasteiger partial charge in [0.25, 0.3) is 0 Å². The van der Waals surface area contributed by atoms with E-state index >= 15 is 0 Å². The van der Waals surface area contributed by atoms with Gasteiger partial charge in [0.2, 0.25) is 5.88 Å². The topological polar surface area (TPSA) is 73.1 Å². The standard InChI is InChI=1S/C16H22N4O/c1-11-5-6-12(9-18-11)10-19-14-8-7-13(17)15(20-14)21-16(2,3)4/h5-9H,10,17H2,1-4H3,(H,19,20). The lowest BCUT2D eigenvalue weighted by molar-refractivity contribution is 0.125. The number of nitrogens with two attached hydrogens (primary N) is 1. The lowest BCUT2D eigenvalue weighted by atomic mass is 10.2. The fraction of sp³-hybridized carbons (Fsp3) is 0.375. The molecule has 0 fully saturated rings. The van der Waals surface area contributed by atoms with E-state index in [0.29, 0.717) is 18.1 Å².